The molecule has 0 saturated carbocycles. The molecule has 0 bridgehead atoms. The average Bonchev–Trinajstić information content (AvgIpc) is 2.63. The number of hydrogen-bond donors (Lipinski definition) is 1. The number of ether oxygens (including phenoxy) is 1. The van der Waals surface area contributed by atoms with Crippen molar-refractivity contribution in [2.24, 2.45) is 0 Å². The van der Waals surface area contributed by atoms with E-state index in [4.69, 9.17) is 4.74 Å². The first-order valence-electron chi connectivity index (χ1n) is 9.19. The number of carbonyl (C=O) groups excluding carboxylic acids is 1. The number of aryl methyl sites for hydroxylation is 2. The second kappa shape index (κ2) is 9.39. The van der Waals surface area contributed by atoms with Gasteiger partial charge < -0.3 is 10.1 Å². The van der Waals surface area contributed by atoms with Crippen LogP contribution in [-0.4, -0.2) is 58.3 Å². The lowest BCUT2D eigenvalue weighted by Crippen LogP contribution is -2.30. The summed E-state index contributed by atoms with van der Waals surface area (Å²) < 4.78 is 31.1. The molecule has 0 aliphatic carbocycles. The lowest BCUT2D eigenvalue weighted by atomic mass is 10.1. The Kier molecular flexibility index (Phi) is 7.40. The van der Waals surface area contributed by atoms with Crippen LogP contribution in [0.5, 0.6) is 5.75 Å². The fraction of sp³-hybridized carbons (Fsp3) is 0.381. The minimum Gasteiger partial charge on any atom is -0.495 e. The van der Waals surface area contributed by atoms with Gasteiger partial charge in [-0.2, -0.15) is 0 Å². The van der Waals surface area contributed by atoms with Crippen molar-refractivity contribution in [3.63, 3.8) is 0 Å². The lowest BCUT2D eigenvalue weighted by molar-refractivity contribution is -0.117. The zero-order chi connectivity index (χ0) is 21.8. The highest BCUT2D eigenvalue weighted by atomic mass is 32.2. The van der Waals surface area contributed by atoms with Gasteiger partial charge in [-0.25, -0.2) is 12.7 Å². The fourth-order valence-electron chi connectivity index (χ4n) is 2.96. The minimum atomic E-state index is -3.62. The van der Waals surface area contributed by atoms with Crippen molar-refractivity contribution in [2.75, 3.05) is 40.1 Å². The van der Waals surface area contributed by atoms with E-state index in [1.807, 2.05) is 18.9 Å². The standard InChI is InChI=1S/C21H29N3O4S/c1-15-7-8-17(16(2)11-15)13-24(5)14-21(25)22-19-12-18(9-10-20(19)28-6)29(26,27)23(3)4/h7-12H,13-14H2,1-6H3,(H,22,25). The molecule has 0 aliphatic heterocycles. The van der Waals surface area contributed by atoms with Crippen LogP contribution in [0, 0.1) is 13.8 Å². The number of hydrogen-bond acceptors (Lipinski definition) is 5. The van der Waals surface area contributed by atoms with E-state index in [9.17, 15) is 13.2 Å². The molecule has 8 heteroatoms. The predicted octanol–water partition coefficient (Wildman–Crippen LogP) is 2.63. The third kappa shape index (κ3) is 5.79. The summed E-state index contributed by atoms with van der Waals surface area (Å²) in [5.41, 5.74) is 3.86. The van der Waals surface area contributed by atoms with Crippen molar-refractivity contribution >= 4 is 21.6 Å². The average molecular weight is 420 g/mol. The zero-order valence-electron chi connectivity index (χ0n) is 17.8. The number of sulfonamides is 1. The molecule has 2 rings (SSSR count). The van der Waals surface area contributed by atoms with Gasteiger partial charge >= 0.3 is 0 Å². The van der Waals surface area contributed by atoms with E-state index in [1.165, 1.54) is 50.5 Å². The van der Waals surface area contributed by atoms with Crippen LogP contribution < -0.4 is 10.1 Å². The van der Waals surface area contributed by atoms with E-state index in [1.54, 1.807) is 0 Å². The number of nitrogens with one attached hydrogen (secondary N) is 1. The van der Waals surface area contributed by atoms with Crippen molar-refractivity contribution in [3.05, 3.63) is 53.1 Å². The summed E-state index contributed by atoms with van der Waals surface area (Å²) in [6.45, 7) is 4.89. The Morgan fingerprint density at radius 3 is 2.34 bits per heavy atom. The van der Waals surface area contributed by atoms with Gasteiger partial charge in [0.1, 0.15) is 5.75 Å². The Balaban J connectivity index is 2.13. The van der Waals surface area contributed by atoms with E-state index < -0.39 is 10.0 Å². The van der Waals surface area contributed by atoms with Crippen molar-refractivity contribution in [2.45, 2.75) is 25.3 Å². The molecular weight excluding hydrogens is 390 g/mol. The van der Waals surface area contributed by atoms with Gasteiger partial charge in [-0.15, -0.1) is 0 Å². The quantitative estimate of drug-likeness (QED) is 0.712. The van der Waals surface area contributed by atoms with Crippen LogP contribution in [0.1, 0.15) is 16.7 Å². The summed E-state index contributed by atoms with van der Waals surface area (Å²) >= 11 is 0. The van der Waals surface area contributed by atoms with Crippen molar-refractivity contribution < 1.29 is 17.9 Å². The molecule has 0 saturated heterocycles. The molecule has 1 N–H and O–H groups in total. The number of amides is 1. The van der Waals surface area contributed by atoms with Crippen LogP contribution in [0.2, 0.25) is 0 Å². The van der Waals surface area contributed by atoms with Crippen molar-refractivity contribution in [3.8, 4) is 5.75 Å². The molecule has 1 amide bonds. The fourth-order valence-corrected chi connectivity index (χ4v) is 3.89. The number of likely N-dealkylation sites (N-methyl/N-ethyl adjacent to an activating group) is 1. The van der Waals surface area contributed by atoms with Gasteiger partial charge in [0.05, 0.1) is 24.2 Å². The normalized spacial score (nSPS) is 11.7. The third-order valence-corrected chi connectivity index (χ3v) is 6.39. The molecule has 0 fully saturated rings. The Bertz CT molecular complexity index is 987. The number of rotatable bonds is 8. The second-order valence-electron chi connectivity index (χ2n) is 7.30. The first-order valence-corrected chi connectivity index (χ1v) is 10.6. The maximum atomic E-state index is 12.5. The van der Waals surface area contributed by atoms with E-state index in [0.29, 0.717) is 18.0 Å². The van der Waals surface area contributed by atoms with E-state index in [0.717, 1.165) is 9.87 Å². The molecule has 158 valence electrons. The van der Waals surface area contributed by atoms with Crippen LogP contribution in [0.15, 0.2) is 41.3 Å². The predicted molar refractivity (Wildman–Crippen MR) is 115 cm³/mol. The molecule has 0 heterocycles. The first-order chi connectivity index (χ1) is 13.5. The molecule has 0 unspecified atom stereocenters. The maximum Gasteiger partial charge on any atom is 0.242 e. The Hall–Kier alpha value is -2.42. The topological polar surface area (TPSA) is 79.0 Å². The summed E-state index contributed by atoms with van der Waals surface area (Å²) in [6.07, 6.45) is 0. The highest BCUT2D eigenvalue weighted by Gasteiger charge is 2.20. The summed E-state index contributed by atoms with van der Waals surface area (Å²) in [6, 6.07) is 10.6. The minimum absolute atomic E-state index is 0.0854. The number of benzene rings is 2. The monoisotopic (exact) mass is 419 g/mol. The second-order valence-corrected chi connectivity index (χ2v) is 9.45. The highest BCUT2D eigenvalue weighted by Crippen LogP contribution is 2.28. The molecular formula is C21H29N3O4S. The van der Waals surface area contributed by atoms with Gasteiger partial charge in [-0.3, -0.25) is 9.69 Å². The van der Waals surface area contributed by atoms with Crippen LogP contribution in [0.25, 0.3) is 0 Å². The van der Waals surface area contributed by atoms with Crippen LogP contribution >= 0.6 is 0 Å². The van der Waals surface area contributed by atoms with Gasteiger partial charge in [-0.1, -0.05) is 23.8 Å². The Morgan fingerprint density at radius 1 is 1.07 bits per heavy atom. The van der Waals surface area contributed by atoms with E-state index in [2.05, 4.69) is 30.4 Å². The SMILES string of the molecule is COc1ccc(S(=O)(=O)N(C)C)cc1NC(=O)CN(C)Cc1ccc(C)cc1C. The van der Waals surface area contributed by atoms with Crippen LogP contribution in [0.4, 0.5) is 5.69 Å². The van der Waals surface area contributed by atoms with Crippen LogP contribution in [-0.2, 0) is 21.4 Å². The largest absolute Gasteiger partial charge is 0.495 e. The molecule has 2 aromatic rings. The summed E-state index contributed by atoms with van der Waals surface area (Å²) in [5, 5.41) is 2.76. The van der Waals surface area contributed by atoms with E-state index >= 15 is 0 Å². The molecule has 0 aromatic heterocycles. The Morgan fingerprint density at radius 2 is 1.76 bits per heavy atom. The van der Waals surface area contributed by atoms with Gasteiger partial charge in [0.2, 0.25) is 15.9 Å². The molecule has 0 atom stereocenters. The number of methoxy groups -OCH3 is 1. The maximum absolute atomic E-state index is 12.5. The Labute approximate surface area is 173 Å². The van der Waals surface area contributed by atoms with E-state index in [-0.39, 0.29) is 17.3 Å². The third-order valence-electron chi connectivity index (χ3n) is 4.58. The summed E-state index contributed by atoms with van der Waals surface area (Å²) in [5.74, 6) is 0.142. The number of anilines is 1. The molecule has 0 radical (unpaired) electrons. The molecule has 29 heavy (non-hydrogen) atoms. The number of nitrogens with zero attached hydrogens (tertiary/aromatic N) is 2. The summed E-state index contributed by atoms with van der Waals surface area (Å²) in [4.78, 5) is 14.5. The smallest absolute Gasteiger partial charge is 0.242 e. The van der Waals surface area contributed by atoms with Gasteiger partial charge in [0, 0.05) is 20.6 Å². The van der Waals surface area contributed by atoms with Crippen molar-refractivity contribution in [1.29, 1.82) is 0 Å². The highest BCUT2D eigenvalue weighted by molar-refractivity contribution is 7.89. The zero-order valence-corrected chi connectivity index (χ0v) is 18.6. The van der Waals surface area contributed by atoms with Gasteiger partial charge in [0.15, 0.2) is 0 Å². The number of carbonyl (C=O) groups is 1. The van der Waals surface area contributed by atoms with Gasteiger partial charge in [0.25, 0.3) is 0 Å². The molecule has 0 aliphatic rings. The van der Waals surface area contributed by atoms with Gasteiger partial charge in [-0.05, 0) is 50.2 Å². The first kappa shape index (κ1) is 22.9. The van der Waals surface area contributed by atoms with Crippen LogP contribution in [0.3, 0.4) is 0 Å². The molecule has 2 aromatic carbocycles. The van der Waals surface area contributed by atoms with Crippen molar-refractivity contribution in [1.82, 2.24) is 9.21 Å². The lowest BCUT2D eigenvalue weighted by Gasteiger charge is -2.19. The molecule has 0 spiro atoms. The molecule has 7 nitrogen and oxygen atoms in total. The summed E-state index contributed by atoms with van der Waals surface area (Å²) in [7, 11) is 2.63.